The molecule has 0 aliphatic rings. The highest BCUT2D eigenvalue weighted by Crippen LogP contribution is 2.19. The van der Waals surface area contributed by atoms with E-state index in [9.17, 15) is 9.18 Å². The molecule has 1 rings (SSSR count). The minimum atomic E-state index is -1.16. The van der Waals surface area contributed by atoms with Crippen LogP contribution in [0.3, 0.4) is 0 Å². The van der Waals surface area contributed by atoms with Gasteiger partial charge in [-0.3, -0.25) is 0 Å². The predicted octanol–water partition coefficient (Wildman–Crippen LogP) is 0.871. The third-order valence-corrected chi connectivity index (χ3v) is 1.31. The molecule has 0 aliphatic heterocycles. The topological polar surface area (TPSA) is 72.5 Å². The number of hydrogen-bond acceptors (Lipinski definition) is 3. The van der Waals surface area contributed by atoms with Gasteiger partial charge in [0.25, 0.3) is 0 Å². The van der Waals surface area contributed by atoms with Gasteiger partial charge in [0.05, 0.1) is 0 Å². The number of carboxylic acid groups (broad SMARTS) is 1. The molecule has 0 fully saturated rings. The Labute approximate surface area is 73.7 Å². The van der Waals surface area contributed by atoms with E-state index in [4.69, 9.17) is 10.8 Å². The van der Waals surface area contributed by atoms with Crippen molar-refractivity contribution in [2.24, 2.45) is 0 Å². The van der Waals surface area contributed by atoms with Crippen molar-refractivity contribution in [1.82, 2.24) is 0 Å². The minimum absolute atomic E-state index is 0.151. The summed E-state index contributed by atoms with van der Waals surface area (Å²) in [5, 5.41) is 8.26. The summed E-state index contributed by atoms with van der Waals surface area (Å²) < 4.78 is 17.5. The molecular weight excluding hydrogens is 177 g/mol. The Balaban J connectivity index is 2.75. The van der Waals surface area contributed by atoms with Gasteiger partial charge < -0.3 is 15.6 Å². The van der Waals surface area contributed by atoms with Gasteiger partial charge in [-0.2, -0.15) is 0 Å². The van der Waals surface area contributed by atoms with Gasteiger partial charge in [0.1, 0.15) is 0 Å². The van der Waals surface area contributed by atoms with Crippen LogP contribution in [0.5, 0.6) is 5.75 Å². The number of aliphatic carboxylic acids is 1. The van der Waals surface area contributed by atoms with Gasteiger partial charge in [-0.1, -0.05) is 0 Å². The van der Waals surface area contributed by atoms with Gasteiger partial charge in [0.15, 0.2) is 18.2 Å². The fraction of sp³-hybridized carbons (Fsp3) is 0.125. The molecule has 3 N–H and O–H groups in total. The van der Waals surface area contributed by atoms with Crippen molar-refractivity contribution in [2.75, 3.05) is 12.3 Å². The van der Waals surface area contributed by atoms with Gasteiger partial charge in [-0.05, 0) is 12.1 Å². The van der Waals surface area contributed by atoms with Gasteiger partial charge in [-0.15, -0.1) is 0 Å². The summed E-state index contributed by atoms with van der Waals surface area (Å²) in [6.07, 6.45) is 0. The van der Waals surface area contributed by atoms with Crippen LogP contribution in [0.25, 0.3) is 0 Å². The van der Waals surface area contributed by atoms with Crippen LogP contribution in [0.4, 0.5) is 10.1 Å². The molecule has 0 saturated heterocycles. The number of nitrogens with two attached hydrogens (primary N) is 1. The van der Waals surface area contributed by atoms with Gasteiger partial charge >= 0.3 is 5.97 Å². The lowest BCUT2D eigenvalue weighted by Crippen LogP contribution is -2.10. The van der Waals surface area contributed by atoms with E-state index < -0.39 is 18.4 Å². The lowest BCUT2D eigenvalue weighted by atomic mass is 10.3. The van der Waals surface area contributed by atoms with Gasteiger partial charge in [0, 0.05) is 11.8 Å². The number of rotatable bonds is 3. The molecule has 0 atom stereocenters. The second-order valence-corrected chi connectivity index (χ2v) is 2.37. The maximum Gasteiger partial charge on any atom is 0.341 e. The third-order valence-electron chi connectivity index (χ3n) is 1.31. The highest BCUT2D eigenvalue weighted by atomic mass is 19.1. The maximum atomic E-state index is 12.8. The van der Waals surface area contributed by atoms with E-state index in [1.165, 1.54) is 12.1 Å². The summed E-state index contributed by atoms with van der Waals surface area (Å²) in [6.45, 7) is -0.583. The van der Waals surface area contributed by atoms with Crippen LogP contribution >= 0.6 is 0 Å². The molecule has 0 bridgehead atoms. The quantitative estimate of drug-likeness (QED) is 0.685. The van der Waals surface area contributed by atoms with Crippen molar-refractivity contribution in [1.29, 1.82) is 0 Å². The number of nitrogen functional groups attached to an aromatic ring is 1. The van der Waals surface area contributed by atoms with Crippen molar-refractivity contribution in [3.05, 3.63) is 24.0 Å². The summed E-state index contributed by atoms with van der Waals surface area (Å²) >= 11 is 0. The van der Waals surface area contributed by atoms with Crippen LogP contribution < -0.4 is 10.5 Å². The van der Waals surface area contributed by atoms with E-state index in [1.807, 2.05) is 0 Å². The van der Waals surface area contributed by atoms with E-state index in [2.05, 4.69) is 4.74 Å². The van der Waals surface area contributed by atoms with Gasteiger partial charge in [0.2, 0.25) is 0 Å². The van der Waals surface area contributed by atoms with Crippen molar-refractivity contribution >= 4 is 11.7 Å². The first-order valence-electron chi connectivity index (χ1n) is 3.49. The van der Waals surface area contributed by atoms with Crippen LogP contribution in [0.2, 0.25) is 0 Å². The molecular formula is C8H8FNO3. The zero-order valence-corrected chi connectivity index (χ0v) is 6.66. The fourth-order valence-electron chi connectivity index (χ4n) is 0.770. The Morgan fingerprint density at radius 2 is 2.31 bits per heavy atom. The number of hydrogen-bond donors (Lipinski definition) is 2. The second-order valence-electron chi connectivity index (χ2n) is 2.37. The van der Waals surface area contributed by atoms with E-state index >= 15 is 0 Å². The summed E-state index contributed by atoms with van der Waals surface area (Å²) in [5.41, 5.74) is 5.66. The SMILES string of the molecule is Nc1ccc(F)c(OCC(=O)O)c1. The molecule has 70 valence electrons. The second kappa shape index (κ2) is 3.75. The molecule has 0 aliphatic carbocycles. The molecule has 0 radical (unpaired) electrons. The Morgan fingerprint density at radius 1 is 1.62 bits per heavy atom. The number of carboxylic acids is 1. The van der Waals surface area contributed by atoms with Crippen LogP contribution in [0.1, 0.15) is 0 Å². The number of ether oxygens (including phenoxy) is 1. The monoisotopic (exact) mass is 185 g/mol. The van der Waals surface area contributed by atoms with E-state index in [-0.39, 0.29) is 5.75 Å². The maximum absolute atomic E-state index is 12.8. The van der Waals surface area contributed by atoms with Crippen molar-refractivity contribution in [2.45, 2.75) is 0 Å². The molecule has 1 aromatic carbocycles. The summed E-state index contributed by atoms with van der Waals surface area (Å²) in [6, 6.07) is 3.72. The lowest BCUT2D eigenvalue weighted by molar-refractivity contribution is -0.139. The van der Waals surface area contributed by atoms with Crippen molar-refractivity contribution in [3.63, 3.8) is 0 Å². The zero-order valence-electron chi connectivity index (χ0n) is 6.66. The molecule has 0 spiro atoms. The molecule has 0 amide bonds. The smallest absolute Gasteiger partial charge is 0.341 e. The molecule has 0 unspecified atom stereocenters. The molecule has 5 heteroatoms. The predicted molar refractivity (Wildman–Crippen MR) is 43.9 cm³/mol. The van der Waals surface area contributed by atoms with Crippen LogP contribution in [-0.4, -0.2) is 17.7 Å². The molecule has 13 heavy (non-hydrogen) atoms. The number of carbonyl (C=O) groups is 1. The summed E-state index contributed by atoms with van der Waals surface area (Å²) in [5.74, 6) is -1.94. The largest absolute Gasteiger partial charge is 0.479 e. The van der Waals surface area contributed by atoms with Crippen LogP contribution in [-0.2, 0) is 4.79 Å². The highest BCUT2D eigenvalue weighted by Gasteiger charge is 2.05. The van der Waals surface area contributed by atoms with Crippen molar-refractivity contribution < 1.29 is 19.0 Å². The van der Waals surface area contributed by atoms with Crippen LogP contribution in [0.15, 0.2) is 18.2 Å². The van der Waals surface area contributed by atoms with E-state index in [1.54, 1.807) is 0 Å². The van der Waals surface area contributed by atoms with Crippen LogP contribution in [0, 0.1) is 5.82 Å². The van der Waals surface area contributed by atoms with E-state index in [0.29, 0.717) is 5.69 Å². The highest BCUT2D eigenvalue weighted by molar-refractivity contribution is 5.68. The molecule has 0 saturated carbocycles. The van der Waals surface area contributed by atoms with E-state index in [0.717, 1.165) is 6.07 Å². The normalized spacial score (nSPS) is 9.62. The van der Waals surface area contributed by atoms with Gasteiger partial charge in [-0.25, -0.2) is 9.18 Å². The summed E-state index contributed by atoms with van der Waals surface area (Å²) in [4.78, 5) is 10.1. The molecule has 0 heterocycles. The first kappa shape index (κ1) is 9.31. The Morgan fingerprint density at radius 3 is 2.92 bits per heavy atom. The Hall–Kier alpha value is -1.78. The molecule has 4 nitrogen and oxygen atoms in total. The Kier molecular flexibility index (Phi) is 2.69. The average molecular weight is 185 g/mol. The first-order chi connectivity index (χ1) is 6.09. The Bertz CT molecular complexity index is 327. The fourth-order valence-corrected chi connectivity index (χ4v) is 0.770. The third kappa shape index (κ3) is 2.62. The average Bonchev–Trinajstić information content (AvgIpc) is 2.06. The molecule has 0 aromatic heterocycles. The lowest BCUT2D eigenvalue weighted by Gasteiger charge is -2.04. The number of halogens is 1. The number of anilines is 1. The van der Waals surface area contributed by atoms with Crippen molar-refractivity contribution in [3.8, 4) is 5.75 Å². The standard InChI is InChI=1S/C8H8FNO3/c9-6-2-1-5(10)3-7(6)13-4-8(11)12/h1-3H,4,10H2,(H,11,12). The number of benzene rings is 1. The zero-order chi connectivity index (χ0) is 9.84. The summed E-state index contributed by atoms with van der Waals surface area (Å²) in [7, 11) is 0. The molecule has 1 aromatic rings. The first-order valence-corrected chi connectivity index (χ1v) is 3.49. The minimum Gasteiger partial charge on any atom is -0.479 e.